The highest BCUT2D eigenvalue weighted by molar-refractivity contribution is 7.17. The van der Waals surface area contributed by atoms with E-state index in [4.69, 9.17) is 0 Å². The fraction of sp³-hybridized carbons (Fsp3) is 0.167. The maximum atomic E-state index is 12.9. The first-order valence-electron chi connectivity index (χ1n) is 6.93. The average Bonchev–Trinajstić information content (AvgIpc) is 3.12. The van der Waals surface area contributed by atoms with Gasteiger partial charge in [0, 0.05) is 16.2 Å². The van der Waals surface area contributed by atoms with Gasteiger partial charge in [-0.15, -0.1) is 11.3 Å². The molecule has 1 nitrogen and oxygen atoms in total. The number of hydrogen-bond acceptors (Lipinski definition) is 2. The Morgan fingerprint density at radius 1 is 1.05 bits per heavy atom. The van der Waals surface area contributed by atoms with Crippen molar-refractivity contribution in [2.45, 2.75) is 18.8 Å². The van der Waals surface area contributed by atoms with Crippen molar-refractivity contribution in [2.24, 2.45) is 0 Å². The van der Waals surface area contributed by atoms with Crippen LogP contribution in [0.2, 0.25) is 0 Å². The quantitative estimate of drug-likeness (QED) is 0.614. The van der Waals surface area contributed by atoms with Gasteiger partial charge in [0.2, 0.25) is 0 Å². The summed E-state index contributed by atoms with van der Waals surface area (Å²) < 4.78 is 1.13. The van der Waals surface area contributed by atoms with Crippen LogP contribution in [0.4, 0.5) is 0 Å². The summed E-state index contributed by atoms with van der Waals surface area (Å²) in [5.74, 6) is 0.321. The molecule has 3 aromatic rings. The maximum absolute atomic E-state index is 12.9. The summed E-state index contributed by atoms with van der Waals surface area (Å²) in [6.45, 7) is 0. The van der Waals surface area contributed by atoms with Gasteiger partial charge in [-0.1, -0.05) is 36.4 Å². The van der Waals surface area contributed by atoms with Crippen molar-refractivity contribution in [3.8, 4) is 0 Å². The van der Waals surface area contributed by atoms with Crippen LogP contribution in [-0.2, 0) is 6.42 Å². The molecule has 0 bridgehead atoms. The lowest BCUT2D eigenvalue weighted by molar-refractivity contribution is 0.0961. The van der Waals surface area contributed by atoms with Crippen LogP contribution >= 0.6 is 11.3 Å². The predicted molar refractivity (Wildman–Crippen MR) is 83.7 cm³/mol. The Kier molecular flexibility index (Phi) is 2.71. The van der Waals surface area contributed by atoms with Gasteiger partial charge in [0.1, 0.15) is 0 Å². The Hall–Kier alpha value is -1.93. The van der Waals surface area contributed by atoms with E-state index in [1.807, 2.05) is 18.2 Å². The average molecular weight is 278 g/mol. The highest BCUT2D eigenvalue weighted by atomic mass is 32.1. The molecule has 4 rings (SSSR count). The first-order chi connectivity index (χ1) is 9.84. The lowest BCUT2D eigenvalue weighted by Crippen LogP contribution is -2.10. The van der Waals surface area contributed by atoms with E-state index < -0.39 is 0 Å². The Morgan fingerprint density at radius 3 is 2.90 bits per heavy atom. The van der Waals surface area contributed by atoms with Crippen molar-refractivity contribution in [1.82, 2.24) is 0 Å². The molecular weight excluding hydrogens is 264 g/mol. The molecule has 0 N–H and O–H groups in total. The molecule has 0 radical (unpaired) electrons. The zero-order valence-corrected chi connectivity index (χ0v) is 11.8. The molecule has 1 heterocycles. The number of aryl methyl sites for hydroxylation is 1. The standard InChI is InChI=1S/C18H14OS/c19-17(15-9-8-12-4-1-2-6-14(12)15)16-7-3-5-13-10-11-20-18(13)16/h1-7,10-11,15H,8-9H2. The Labute approximate surface area is 121 Å². The third-order valence-electron chi connectivity index (χ3n) is 4.19. The number of rotatable bonds is 2. The highest BCUT2D eigenvalue weighted by Gasteiger charge is 2.29. The zero-order chi connectivity index (χ0) is 13.5. The summed E-state index contributed by atoms with van der Waals surface area (Å²) in [4.78, 5) is 12.9. The Balaban J connectivity index is 1.81. The largest absolute Gasteiger partial charge is 0.293 e. The number of carbonyl (C=O) groups excluding carboxylic acids is 1. The van der Waals surface area contributed by atoms with Gasteiger partial charge in [-0.2, -0.15) is 0 Å². The van der Waals surface area contributed by atoms with Crippen molar-refractivity contribution < 1.29 is 4.79 Å². The van der Waals surface area contributed by atoms with E-state index in [9.17, 15) is 4.79 Å². The minimum Gasteiger partial charge on any atom is -0.293 e. The fourth-order valence-corrected chi connectivity index (χ4v) is 4.12. The third-order valence-corrected chi connectivity index (χ3v) is 5.16. The Morgan fingerprint density at radius 2 is 1.95 bits per heavy atom. The van der Waals surface area contributed by atoms with Gasteiger partial charge in [0.05, 0.1) is 0 Å². The van der Waals surface area contributed by atoms with Crippen molar-refractivity contribution in [3.05, 3.63) is 70.6 Å². The van der Waals surface area contributed by atoms with E-state index in [0.717, 1.165) is 23.1 Å². The van der Waals surface area contributed by atoms with Gasteiger partial charge in [0.15, 0.2) is 5.78 Å². The molecule has 98 valence electrons. The van der Waals surface area contributed by atoms with Crippen LogP contribution in [0.5, 0.6) is 0 Å². The number of carbonyl (C=O) groups is 1. The lowest BCUT2D eigenvalue weighted by atomic mass is 9.92. The molecule has 0 fully saturated rings. The third kappa shape index (κ3) is 1.72. The minimum atomic E-state index is 0.0406. The van der Waals surface area contributed by atoms with E-state index in [-0.39, 0.29) is 11.7 Å². The molecule has 0 saturated carbocycles. The number of fused-ring (bicyclic) bond motifs is 2. The van der Waals surface area contributed by atoms with Crippen molar-refractivity contribution in [2.75, 3.05) is 0 Å². The Bertz CT molecular complexity index is 800. The predicted octanol–water partition coefficient (Wildman–Crippen LogP) is 4.81. The molecule has 20 heavy (non-hydrogen) atoms. The van der Waals surface area contributed by atoms with Crippen LogP contribution < -0.4 is 0 Å². The second-order valence-electron chi connectivity index (χ2n) is 5.30. The number of hydrogen-bond donors (Lipinski definition) is 0. The maximum Gasteiger partial charge on any atom is 0.171 e. The molecule has 1 aliphatic rings. The van der Waals surface area contributed by atoms with E-state index in [1.165, 1.54) is 16.5 Å². The first kappa shape index (κ1) is 11.9. The molecule has 2 aromatic carbocycles. The van der Waals surface area contributed by atoms with Crippen LogP contribution in [0, 0.1) is 0 Å². The number of Topliss-reactive ketones (excluding diaryl/α,β-unsaturated/α-hetero) is 1. The molecule has 1 unspecified atom stereocenters. The summed E-state index contributed by atoms with van der Waals surface area (Å²) in [6.07, 6.45) is 1.97. The molecule has 0 spiro atoms. The number of ketones is 1. The van der Waals surface area contributed by atoms with Crippen molar-refractivity contribution in [1.29, 1.82) is 0 Å². The van der Waals surface area contributed by atoms with Gasteiger partial charge in [-0.25, -0.2) is 0 Å². The van der Waals surface area contributed by atoms with Gasteiger partial charge in [-0.05, 0) is 46.9 Å². The van der Waals surface area contributed by atoms with E-state index in [1.54, 1.807) is 11.3 Å². The highest BCUT2D eigenvalue weighted by Crippen LogP contribution is 2.37. The summed E-state index contributed by atoms with van der Waals surface area (Å²) in [5.41, 5.74) is 3.45. The second-order valence-corrected chi connectivity index (χ2v) is 6.21. The van der Waals surface area contributed by atoms with E-state index >= 15 is 0 Å². The SMILES string of the molecule is O=C(c1cccc2ccsc12)C1CCc2ccccc21. The van der Waals surface area contributed by atoms with Crippen LogP contribution in [0.15, 0.2) is 53.9 Å². The van der Waals surface area contributed by atoms with Gasteiger partial charge in [0.25, 0.3) is 0 Å². The van der Waals surface area contributed by atoms with Crippen LogP contribution in [0.1, 0.15) is 33.8 Å². The van der Waals surface area contributed by atoms with Crippen molar-refractivity contribution in [3.63, 3.8) is 0 Å². The molecule has 0 aliphatic heterocycles. The topological polar surface area (TPSA) is 17.1 Å². The summed E-state index contributed by atoms with van der Waals surface area (Å²) in [6, 6.07) is 16.5. The second kappa shape index (κ2) is 4.57. The minimum absolute atomic E-state index is 0.0406. The molecule has 1 aromatic heterocycles. The number of benzene rings is 2. The van der Waals surface area contributed by atoms with Gasteiger partial charge < -0.3 is 0 Å². The van der Waals surface area contributed by atoms with Crippen molar-refractivity contribution >= 4 is 27.2 Å². The zero-order valence-electron chi connectivity index (χ0n) is 11.0. The smallest absolute Gasteiger partial charge is 0.171 e. The molecule has 2 heteroatoms. The molecular formula is C18H14OS. The van der Waals surface area contributed by atoms with Gasteiger partial charge >= 0.3 is 0 Å². The van der Waals surface area contributed by atoms with Crippen LogP contribution in [0.25, 0.3) is 10.1 Å². The molecule has 1 aliphatic carbocycles. The van der Waals surface area contributed by atoms with E-state index in [0.29, 0.717) is 0 Å². The monoisotopic (exact) mass is 278 g/mol. The fourth-order valence-electron chi connectivity index (χ4n) is 3.20. The molecule has 1 atom stereocenters. The lowest BCUT2D eigenvalue weighted by Gasteiger charge is -2.11. The summed E-state index contributed by atoms with van der Waals surface area (Å²) in [7, 11) is 0. The van der Waals surface area contributed by atoms with E-state index in [2.05, 4.69) is 35.7 Å². The molecule has 0 amide bonds. The number of thiophene rings is 1. The normalized spacial score (nSPS) is 17.3. The van der Waals surface area contributed by atoms with Crippen LogP contribution in [0.3, 0.4) is 0 Å². The summed E-state index contributed by atoms with van der Waals surface area (Å²) in [5, 5.41) is 3.23. The first-order valence-corrected chi connectivity index (χ1v) is 7.81. The summed E-state index contributed by atoms with van der Waals surface area (Å²) >= 11 is 1.66. The van der Waals surface area contributed by atoms with Gasteiger partial charge in [-0.3, -0.25) is 4.79 Å². The van der Waals surface area contributed by atoms with Crippen LogP contribution in [-0.4, -0.2) is 5.78 Å². The molecule has 0 saturated heterocycles.